The Morgan fingerprint density at radius 2 is 2.17 bits per heavy atom. The van der Waals surface area contributed by atoms with Gasteiger partial charge in [0.2, 0.25) is 0 Å². The first-order valence-corrected chi connectivity index (χ1v) is 8.58. The van der Waals surface area contributed by atoms with E-state index in [9.17, 15) is 4.79 Å². The molecule has 5 heteroatoms. The average molecular weight is 322 g/mol. The number of rotatable bonds is 4. The second kappa shape index (κ2) is 6.15. The summed E-state index contributed by atoms with van der Waals surface area (Å²) in [5.41, 5.74) is 6.87. The van der Waals surface area contributed by atoms with Crippen LogP contribution in [0.1, 0.15) is 28.9 Å². The number of carbonyl (C=O) groups excluding carboxylic acids is 1. The van der Waals surface area contributed by atoms with Gasteiger partial charge in [0.05, 0.1) is 12.2 Å². The highest BCUT2D eigenvalue weighted by atomic mass is 16.2. The number of nitrogens with zero attached hydrogens (tertiary/aromatic N) is 2. The zero-order chi connectivity index (χ0) is 16.5. The van der Waals surface area contributed by atoms with Gasteiger partial charge in [-0.25, -0.2) is 4.79 Å². The van der Waals surface area contributed by atoms with E-state index in [1.165, 1.54) is 23.2 Å². The summed E-state index contributed by atoms with van der Waals surface area (Å²) in [7, 11) is 0. The van der Waals surface area contributed by atoms with E-state index in [0.717, 1.165) is 29.9 Å². The van der Waals surface area contributed by atoms with Crippen molar-refractivity contribution >= 4 is 17.4 Å². The quantitative estimate of drug-likeness (QED) is 0.910. The lowest BCUT2D eigenvalue weighted by molar-refractivity contribution is 0.252. The molecule has 0 radical (unpaired) electrons. The monoisotopic (exact) mass is 322 g/mol. The third kappa shape index (κ3) is 2.82. The average Bonchev–Trinajstić information content (AvgIpc) is 3.22. The van der Waals surface area contributed by atoms with Crippen LogP contribution in [-0.2, 0) is 19.4 Å². The zero-order valence-electron chi connectivity index (χ0n) is 13.9. The molecule has 2 aromatic rings. The highest BCUT2D eigenvalue weighted by Crippen LogP contribution is 2.25. The largest absolute Gasteiger partial charge is 0.379 e. The molecule has 1 fully saturated rings. The Labute approximate surface area is 142 Å². The lowest BCUT2D eigenvalue weighted by Crippen LogP contribution is -2.27. The van der Waals surface area contributed by atoms with Gasteiger partial charge in [0, 0.05) is 30.2 Å². The van der Waals surface area contributed by atoms with Crippen LogP contribution in [0.15, 0.2) is 30.3 Å². The fourth-order valence-corrected chi connectivity index (χ4v) is 3.44. The van der Waals surface area contributed by atoms with Gasteiger partial charge in [-0.15, -0.1) is 0 Å². The Morgan fingerprint density at radius 1 is 1.25 bits per heavy atom. The van der Waals surface area contributed by atoms with Gasteiger partial charge in [-0.1, -0.05) is 12.1 Å². The van der Waals surface area contributed by atoms with Crippen molar-refractivity contribution < 1.29 is 4.79 Å². The summed E-state index contributed by atoms with van der Waals surface area (Å²) in [5.74, 6) is 0. The molecule has 1 aromatic heterocycles. The highest BCUT2D eigenvalue weighted by molar-refractivity contribution is 5.94. The molecule has 0 spiro atoms. The smallest absolute Gasteiger partial charge is 0.321 e. The minimum Gasteiger partial charge on any atom is -0.379 e. The number of anilines is 2. The van der Waals surface area contributed by atoms with Crippen molar-refractivity contribution in [3.63, 3.8) is 0 Å². The number of pyridine rings is 1. The molecule has 1 saturated heterocycles. The third-order valence-corrected chi connectivity index (χ3v) is 4.84. The van der Waals surface area contributed by atoms with E-state index in [4.69, 9.17) is 4.98 Å². The van der Waals surface area contributed by atoms with Crippen molar-refractivity contribution in [1.29, 1.82) is 0 Å². The number of hydrogen-bond donors (Lipinski definition) is 2. The molecule has 0 unspecified atom stereocenters. The van der Waals surface area contributed by atoms with E-state index in [1.807, 2.05) is 12.1 Å². The van der Waals surface area contributed by atoms with Gasteiger partial charge in [-0.05, 0) is 55.5 Å². The van der Waals surface area contributed by atoms with E-state index >= 15 is 0 Å². The van der Waals surface area contributed by atoms with Gasteiger partial charge in [0.1, 0.15) is 0 Å². The van der Waals surface area contributed by atoms with Gasteiger partial charge in [0.25, 0.3) is 0 Å². The Bertz CT molecular complexity index is 787. The van der Waals surface area contributed by atoms with Crippen LogP contribution in [0.3, 0.4) is 0 Å². The number of urea groups is 1. The van der Waals surface area contributed by atoms with E-state index in [0.29, 0.717) is 19.6 Å². The van der Waals surface area contributed by atoms with Crippen LogP contribution in [0.2, 0.25) is 0 Å². The SMILES string of the molecule is Cc1ccc(N2CCNC2=O)cc1NCc1ccc2c(n1)CCC2. The van der Waals surface area contributed by atoms with Crippen LogP contribution < -0.4 is 15.5 Å². The summed E-state index contributed by atoms with van der Waals surface area (Å²) >= 11 is 0. The van der Waals surface area contributed by atoms with Crippen molar-refractivity contribution in [3.05, 3.63) is 52.8 Å². The first-order valence-electron chi connectivity index (χ1n) is 8.58. The van der Waals surface area contributed by atoms with Crippen molar-refractivity contribution in [1.82, 2.24) is 10.3 Å². The summed E-state index contributed by atoms with van der Waals surface area (Å²) in [5, 5.41) is 6.32. The molecule has 2 heterocycles. The summed E-state index contributed by atoms with van der Waals surface area (Å²) in [6.45, 7) is 4.19. The molecule has 0 saturated carbocycles. The third-order valence-electron chi connectivity index (χ3n) is 4.84. The van der Waals surface area contributed by atoms with Gasteiger partial charge in [-0.2, -0.15) is 0 Å². The molecule has 2 amide bonds. The summed E-state index contributed by atoms with van der Waals surface area (Å²) < 4.78 is 0. The number of fused-ring (bicyclic) bond motifs is 1. The standard InChI is InChI=1S/C19H22N4O/c1-13-5-8-16(23-10-9-20-19(23)24)11-18(13)21-12-15-7-6-14-3-2-4-17(14)22-15/h5-8,11,21H,2-4,9-10,12H2,1H3,(H,20,24). The van der Waals surface area contributed by atoms with Crippen LogP contribution in [0.25, 0.3) is 0 Å². The van der Waals surface area contributed by atoms with E-state index < -0.39 is 0 Å². The van der Waals surface area contributed by atoms with Crippen LogP contribution >= 0.6 is 0 Å². The predicted molar refractivity (Wildman–Crippen MR) is 95.5 cm³/mol. The number of carbonyl (C=O) groups is 1. The molecule has 2 aliphatic rings. The van der Waals surface area contributed by atoms with E-state index in [2.05, 4.69) is 35.8 Å². The molecule has 2 N–H and O–H groups in total. The van der Waals surface area contributed by atoms with Crippen LogP contribution in [0, 0.1) is 6.92 Å². The Kier molecular flexibility index (Phi) is 3.84. The topological polar surface area (TPSA) is 57.3 Å². The van der Waals surface area contributed by atoms with Gasteiger partial charge in [0.15, 0.2) is 0 Å². The van der Waals surface area contributed by atoms with Gasteiger partial charge >= 0.3 is 6.03 Å². The molecule has 0 bridgehead atoms. The molecule has 1 aromatic carbocycles. The van der Waals surface area contributed by atoms with Crippen molar-refractivity contribution in [2.24, 2.45) is 0 Å². The number of aryl methyl sites for hydroxylation is 3. The van der Waals surface area contributed by atoms with Crippen molar-refractivity contribution in [2.45, 2.75) is 32.7 Å². The molecule has 124 valence electrons. The van der Waals surface area contributed by atoms with E-state index in [-0.39, 0.29) is 6.03 Å². The van der Waals surface area contributed by atoms with Crippen molar-refractivity contribution in [2.75, 3.05) is 23.3 Å². The summed E-state index contributed by atoms with van der Waals surface area (Å²) in [6, 6.07) is 10.4. The zero-order valence-corrected chi connectivity index (χ0v) is 13.9. The van der Waals surface area contributed by atoms with Crippen LogP contribution in [-0.4, -0.2) is 24.1 Å². The lowest BCUT2D eigenvalue weighted by Gasteiger charge is -2.17. The Morgan fingerprint density at radius 3 is 3.00 bits per heavy atom. The Hall–Kier alpha value is -2.56. The first-order chi connectivity index (χ1) is 11.7. The maximum Gasteiger partial charge on any atom is 0.321 e. The summed E-state index contributed by atoms with van der Waals surface area (Å²) in [4.78, 5) is 18.4. The number of benzene rings is 1. The molecule has 5 nitrogen and oxygen atoms in total. The normalized spacial score (nSPS) is 16.2. The number of aromatic nitrogens is 1. The highest BCUT2D eigenvalue weighted by Gasteiger charge is 2.21. The minimum atomic E-state index is -0.0231. The Balaban J connectivity index is 1.50. The first kappa shape index (κ1) is 15.0. The van der Waals surface area contributed by atoms with Gasteiger partial charge in [-0.3, -0.25) is 9.88 Å². The van der Waals surface area contributed by atoms with Crippen LogP contribution in [0.4, 0.5) is 16.2 Å². The number of amides is 2. The minimum absolute atomic E-state index is 0.0231. The summed E-state index contributed by atoms with van der Waals surface area (Å²) in [6.07, 6.45) is 3.48. The van der Waals surface area contributed by atoms with Gasteiger partial charge < -0.3 is 10.6 Å². The molecular weight excluding hydrogens is 300 g/mol. The maximum atomic E-state index is 11.8. The van der Waals surface area contributed by atoms with Crippen molar-refractivity contribution in [3.8, 4) is 0 Å². The molecule has 24 heavy (non-hydrogen) atoms. The molecule has 4 rings (SSSR count). The molecule has 1 aliphatic carbocycles. The predicted octanol–water partition coefficient (Wildman–Crippen LogP) is 3.02. The molecular formula is C19H22N4O. The van der Waals surface area contributed by atoms with Crippen LogP contribution in [0.5, 0.6) is 0 Å². The molecule has 0 atom stereocenters. The van der Waals surface area contributed by atoms with E-state index in [1.54, 1.807) is 4.90 Å². The fourth-order valence-electron chi connectivity index (χ4n) is 3.44. The lowest BCUT2D eigenvalue weighted by atomic mass is 10.1. The maximum absolute atomic E-state index is 11.8. The molecule has 1 aliphatic heterocycles. The number of nitrogens with one attached hydrogen (secondary N) is 2. The second-order valence-electron chi connectivity index (χ2n) is 6.50. The number of hydrogen-bond acceptors (Lipinski definition) is 3. The fraction of sp³-hybridized carbons (Fsp3) is 0.368. The second-order valence-corrected chi connectivity index (χ2v) is 6.50.